The molecule has 37 heavy (non-hydrogen) atoms. The van der Waals surface area contributed by atoms with Gasteiger partial charge in [-0.3, -0.25) is 0 Å². The molecule has 0 amide bonds. The zero-order valence-corrected chi connectivity index (χ0v) is 22.2. The zero-order valence-electron chi connectivity index (χ0n) is 22.2. The highest BCUT2D eigenvalue weighted by atomic mass is 15.1. The van der Waals surface area contributed by atoms with Gasteiger partial charge >= 0.3 is 0 Å². The van der Waals surface area contributed by atoms with E-state index in [1.54, 1.807) is 6.08 Å². The lowest BCUT2D eigenvalue weighted by Gasteiger charge is -2.27. The lowest BCUT2D eigenvalue weighted by Crippen LogP contribution is -2.19. The first-order valence-corrected chi connectivity index (χ1v) is 12.7. The molecule has 0 unspecified atom stereocenters. The summed E-state index contributed by atoms with van der Waals surface area (Å²) in [5.41, 5.74) is 8.47. The molecule has 0 saturated carbocycles. The molecule has 0 aliphatic heterocycles. The normalized spacial score (nSPS) is 13.7. The molecule has 0 spiro atoms. The Morgan fingerprint density at radius 1 is 0.757 bits per heavy atom. The molecule has 3 aromatic rings. The molecule has 1 aliphatic rings. The Hall–Kier alpha value is -4.36. The standard InChI is InChI=1S/C30H31N.C6H6/c1-5-6-8-12-26(4)31(30-20-17-24(2)18-21-30)29-16-11-13-27(19-22-29)23-25(3)28-14-9-7-10-15-28;1-2-4-6-5-3-1/h5-10,12-23H,1,11H2,2-4H3;1-6H/b8-6-,25-23?,26-12+;. The van der Waals surface area contributed by atoms with E-state index in [9.17, 15) is 0 Å². The van der Waals surface area contributed by atoms with Crippen LogP contribution in [0.2, 0.25) is 0 Å². The first kappa shape index (κ1) is 27.2. The zero-order chi connectivity index (χ0) is 26.3. The average Bonchev–Trinajstić information content (AvgIpc) is 3.17. The second kappa shape index (κ2) is 14.9. The molecule has 186 valence electrons. The first-order valence-electron chi connectivity index (χ1n) is 12.7. The van der Waals surface area contributed by atoms with E-state index in [1.165, 1.54) is 28.0 Å². The van der Waals surface area contributed by atoms with Crippen molar-refractivity contribution in [3.8, 4) is 0 Å². The predicted molar refractivity (Wildman–Crippen MR) is 163 cm³/mol. The van der Waals surface area contributed by atoms with Crippen LogP contribution in [0.1, 0.15) is 31.4 Å². The van der Waals surface area contributed by atoms with Gasteiger partial charge in [-0.15, -0.1) is 0 Å². The van der Waals surface area contributed by atoms with Gasteiger partial charge in [0.05, 0.1) is 0 Å². The Labute approximate surface area is 223 Å². The van der Waals surface area contributed by atoms with Crippen LogP contribution in [0.25, 0.3) is 5.57 Å². The van der Waals surface area contributed by atoms with Crippen molar-refractivity contribution in [2.45, 2.75) is 27.2 Å². The number of benzene rings is 3. The molecule has 0 heterocycles. The van der Waals surface area contributed by atoms with Gasteiger partial charge in [0.15, 0.2) is 0 Å². The first-order chi connectivity index (χ1) is 18.1. The summed E-state index contributed by atoms with van der Waals surface area (Å²) >= 11 is 0. The molecule has 0 bridgehead atoms. The van der Waals surface area contributed by atoms with E-state index in [1.807, 2.05) is 48.6 Å². The Morgan fingerprint density at radius 3 is 2.00 bits per heavy atom. The number of hydrogen-bond donors (Lipinski definition) is 0. The highest BCUT2D eigenvalue weighted by molar-refractivity contribution is 5.68. The van der Waals surface area contributed by atoms with Crippen LogP contribution in [0.4, 0.5) is 5.69 Å². The fourth-order valence-electron chi connectivity index (χ4n) is 3.92. The largest absolute Gasteiger partial charge is 0.315 e. The van der Waals surface area contributed by atoms with Crippen LogP contribution in [-0.2, 0) is 0 Å². The minimum absolute atomic E-state index is 0.883. The summed E-state index contributed by atoms with van der Waals surface area (Å²) in [6, 6.07) is 31.2. The van der Waals surface area contributed by atoms with Crippen molar-refractivity contribution in [2.75, 3.05) is 4.90 Å². The van der Waals surface area contributed by atoms with Gasteiger partial charge in [0, 0.05) is 17.1 Å². The molecule has 1 nitrogen and oxygen atoms in total. The highest BCUT2D eigenvalue weighted by Crippen LogP contribution is 2.28. The predicted octanol–water partition coefficient (Wildman–Crippen LogP) is 10.0. The highest BCUT2D eigenvalue weighted by Gasteiger charge is 2.13. The summed E-state index contributed by atoms with van der Waals surface area (Å²) in [4.78, 5) is 2.30. The lowest BCUT2D eigenvalue weighted by molar-refractivity contribution is 1.08. The van der Waals surface area contributed by atoms with Crippen molar-refractivity contribution in [1.82, 2.24) is 0 Å². The fourth-order valence-corrected chi connectivity index (χ4v) is 3.92. The lowest BCUT2D eigenvalue weighted by atomic mass is 10.0. The van der Waals surface area contributed by atoms with Crippen molar-refractivity contribution in [3.63, 3.8) is 0 Å². The Morgan fingerprint density at radius 2 is 1.38 bits per heavy atom. The summed E-state index contributed by atoms with van der Waals surface area (Å²) in [7, 11) is 0. The van der Waals surface area contributed by atoms with Gasteiger partial charge in [-0.05, 0) is 68.2 Å². The van der Waals surface area contributed by atoms with Crippen molar-refractivity contribution >= 4 is 11.3 Å². The van der Waals surface area contributed by atoms with E-state index >= 15 is 0 Å². The molecular formula is C36H37N. The summed E-state index contributed by atoms with van der Waals surface area (Å²) in [6.45, 7) is 10.2. The van der Waals surface area contributed by atoms with E-state index < -0.39 is 0 Å². The molecule has 1 heteroatoms. The quantitative estimate of drug-likeness (QED) is 0.302. The number of nitrogens with zero attached hydrogens (tertiary/aromatic N) is 1. The van der Waals surface area contributed by atoms with Crippen LogP contribution in [-0.4, -0.2) is 0 Å². The van der Waals surface area contributed by atoms with E-state index in [0.29, 0.717) is 0 Å². The molecule has 1 aliphatic carbocycles. The molecule has 0 saturated heterocycles. The second-order valence-electron chi connectivity index (χ2n) is 8.85. The molecule has 3 aromatic carbocycles. The number of anilines is 1. The molecule has 0 fully saturated rings. The molecule has 0 radical (unpaired) electrons. The van der Waals surface area contributed by atoms with Crippen LogP contribution < -0.4 is 4.90 Å². The van der Waals surface area contributed by atoms with Crippen LogP contribution in [0.3, 0.4) is 0 Å². The third-order valence-electron chi connectivity index (χ3n) is 5.89. The van der Waals surface area contributed by atoms with Crippen molar-refractivity contribution in [3.05, 3.63) is 180 Å². The monoisotopic (exact) mass is 483 g/mol. The Bertz CT molecular complexity index is 1270. The number of hydrogen-bond acceptors (Lipinski definition) is 1. The van der Waals surface area contributed by atoms with E-state index in [-0.39, 0.29) is 0 Å². The summed E-state index contributed by atoms with van der Waals surface area (Å²) < 4.78 is 0. The third-order valence-corrected chi connectivity index (χ3v) is 5.89. The van der Waals surface area contributed by atoms with Crippen LogP contribution in [0, 0.1) is 6.92 Å². The number of allylic oxidation sites excluding steroid dienone is 12. The third kappa shape index (κ3) is 8.98. The average molecular weight is 484 g/mol. The molecule has 0 atom stereocenters. The maximum absolute atomic E-state index is 3.76. The van der Waals surface area contributed by atoms with E-state index in [2.05, 4.69) is 123 Å². The van der Waals surface area contributed by atoms with Gasteiger partial charge in [0.2, 0.25) is 0 Å². The molecule has 0 aromatic heterocycles. The van der Waals surface area contributed by atoms with Crippen LogP contribution >= 0.6 is 0 Å². The van der Waals surface area contributed by atoms with Crippen molar-refractivity contribution < 1.29 is 0 Å². The Kier molecular flexibility index (Phi) is 11.0. The SMILES string of the molecule is C=C/C=C\C=C(/C)N(C1=CCC=C(C=C(C)c2ccccc2)C=C1)c1ccc(C)cc1.c1ccccc1. The van der Waals surface area contributed by atoms with E-state index in [0.717, 1.165) is 17.8 Å². The minimum atomic E-state index is 0.883. The summed E-state index contributed by atoms with van der Waals surface area (Å²) in [6.07, 6.45) is 20.0. The number of aryl methyl sites for hydroxylation is 1. The smallest absolute Gasteiger partial charge is 0.0458 e. The van der Waals surface area contributed by atoms with Gasteiger partial charge in [-0.25, -0.2) is 0 Å². The van der Waals surface area contributed by atoms with Crippen molar-refractivity contribution in [2.24, 2.45) is 0 Å². The molecule has 0 N–H and O–H groups in total. The maximum atomic E-state index is 3.76. The maximum Gasteiger partial charge on any atom is 0.0458 e. The summed E-state index contributed by atoms with van der Waals surface area (Å²) in [5, 5.41) is 0. The van der Waals surface area contributed by atoms with Crippen molar-refractivity contribution in [1.29, 1.82) is 0 Å². The van der Waals surface area contributed by atoms with Crippen LogP contribution in [0.5, 0.6) is 0 Å². The molecule has 4 rings (SSSR count). The number of rotatable bonds is 7. The summed E-state index contributed by atoms with van der Waals surface area (Å²) in [5.74, 6) is 0. The van der Waals surface area contributed by atoms with Gasteiger partial charge in [0.1, 0.15) is 0 Å². The van der Waals surface area contributed by atoms with Gasteiger partial charge in [-0.2, -0.15) is 0 Å². The second-order valence-corrected chi connectivity index (χ2v) is 8.85. The topological polar surface area (TPSA) is 3.24 Å². The van der Waals surface area contributed by atoms with E-state index in [4.69, 9.17) is 0 Å². The fraction of sp³-hybridized carbons (Fsp3) is 0.111. The van der Waals surface area contributed by atoms with Gasteiger partial charge in [0.25, 0.3) is 0 Å². The van der Waals surface area contributed by atoms with Gasteiger partial charge in [-0.1, -0.05) is 134 Å². The van der Waals surface area contributed by atoms with Gasteiger partial charge < -0.3 is 4.90 Å². The minimum Gasteiger partial charge on any atom is -0.315 e. The molecular weight excluding hydrogens is 446 g/mol. The Balaban J connectivity index is 0.000000555. The van der Waals surface area contributed by atoms with Crippen LogP contribution in [0.15, 0.2) is 169 Å².